The number of urea groups is 1. The lowest BCUT2D eigenvalue weighted by molar-refractivity contribution is 0.0745. The van der Waals surface area contributed by atoms with Crippen molar-refractivity contribution < 1.29 is 4.79 Å². The van der Waals surface area contributed by atoms with Crippen molar-refractivity contribution >= 4 is 17.1 Å². The summed E-state index contributed by atoms with van der Waals surface area (Å²) >= 11 is 0. The second-order valence-corrected chi connectivity index (χ2v) is 7.25. The highest BCUT2D eigenvalue weighted by molar-refractivity contribution is 5.76. The first-order chi connectivity index (χ1) is 13.1. The van der Waals surface area contributed by atoms with E-state index in [0.29, 0.717) is 6.54 Å². The number of hydrogen-bond donors (Lipinski definition) is 1. The van der Waals surface area contributed by atoms with Gasteiger partial charge in [-0.25, -0.2) is 9.78 Å². The third-order valence-electron chi connectivity index (χ3n) is 5.07. The standard InChI is InChI=1S/C21H25N5O/c1-24(2)21(27)26-13-12-25(14-16-8-4-3-5-9-16)15-19(26)20-22-17-10-6-7-11-18(17)23-20/h3-11,19H,12-15H2,1-2H3,(H,22,23). The van der Waals surface area contributed by atoms with E-state index >= 15 is 0 Å². The summed E-state index contributed by atoms with van der Waals surface area (Å²) in [4.78, 5) is 26.9. The first-order valence-electron chi connectivity index (χ1n) is 9.30. The van der Waals surface area contributed by atoms with Crippen LogP contribution in [0.2, 0.25) is 0 Å². The van der Waals surface area contributed by atoms with E-state index in [2.05, 4.69) is 34.1 Å². The minimum atomic E-state index is -0.0928. The van der Waals surface area contributed by atoms with Crippen LogP contribution in [-0.4, -0.2) is 64.4 Å². The summed E-state index contributed by atoms with van der Waals surface area (Å²) in [6.45, 7) is 3.17. The zero-order chi connectivity index (χ0) is 18.8. The van der Waals surface area contributed by atoms with Crippen LogP contribution in [0.15, 0.2) is 54.6 Å². The second-order valence-electron chi connectivity index (χ2n) is 7.25. The number of amides is 2. The average molecular weight is 363 g/mol. The normalized spacial score (nSPS) is 18.0. The summed E-state index contributed by atoms with van der Waals surface area (Å²) < 4.78 is 0. The minimum Gasteiger partial charge on any atom is -0.340 e. The molecule has 0 aliphatic carbocycles. The summed E-state index contributed by atoms with van der Waals surface area (Å²) in [6.07, 6.45) is 0. The van der Waals surface area contributed by atoms with Crippen molar-refractivity contribution in [3.05, 3.63) is 66.0 Å². The Morgan fingerprint density at radius 1 is 1.11 bits per heavy atom. The van der Waals surface area contributed by atoms with E-state index in [9.17, 15) is 4.79 Å². The first-order valence-corrected chi connectivity index (χ1v) is 9.30. The fraction of sp³-hybridized carbons (Fsp3) is 0.333. The lowest BCUT2D eigenvalue weighted by Crippen LogP contribution is -2.53. The van der Waals surface area contributed by atoms with Crippen LogP contribution in [0.5, 0.6) is 0 Å². The molecule has 6 heteroatoms. The molecule has 2 amide bonds. The Hall–Kier alpha value is -2.86. The molecule has 140 valence electrons. The van der Waals surface area contributed by atoms with Gasteiger partial charge >= 0.3 is 6.03 Å². The number of nitrogens with one attached hydrogen (secondary N) is 1. The number of piperazine rings is 1. The maximum absolute atomic E-state index is 12.8. The number of aromatic nitrogens is 2. The van der Waals surface area contributed by atoms with Gasteiger partial charge in [0.05, 0.1) is 11.0 Å². The molecule has 1 aromatic heterocycles. The van der Waals surface area contributed by atoms with Crippen molar-refractivity contribution in [2.75, 3.05) is 33.7 Å². The van der Waals surface area contributed by atoms with Crippen LogP contribution in [0.4, 0.5) is 4.79 Å². The van der Waals surface area contributed by atoms with Gasteiger partial charge in [0.25, 0.3) is 0 Å². The van der Waals surface area contributed by atoms with Crippen molar-refractivity contribution in [2.45, 2.75) is 12.6 Å². The maximum Gasteiger partial charge on any atom is 0.320 e. The molecule has 1 fully saturated rings. The van der Waals surface area contributed by atoms with Gasteiger partial charge in [0.15, 0.2) is 0 Å². The van der Waals surface area contributed by atoms with Gasteiger partial charge in [-0.05, 0) is 17.7 Å². The van der Waals surface area contributed by atoms with Crippen LogP contribution >= 0.6 is 0 Å². The number of para-hydroxylation sites is 2. The van der Waals surface area contributed by atoms with E-state index < -0.39 is 0 Å². The molecule has 2 heterocycles. The summed E-state index contributed by atoms with van der Waals surface area (Å²) in [5.74, 6) is 0.851. The van der Waals surface area contributed by atoms with Crippen molar-refractivity contribution in [2.24, 2.45) is 0 Å². The molecule has 0 bridgehead atoms. The maximum atomic E-state index is 12.8. The van der Waals surface area contributed by atoms with Gasteiger partial charge in [0.2, 0.25) is 0 Å². The van der Waals surface area contributed by atoms with E-state index in [-0.39, 0.29) is 12.1 Å². The summed E-state index contributed by atoms with van der Waals surface area (Å²) in [7, 11) is 3.60. The Morgan fingerprint density at radius 2 is 1.85 bits per heavy atom. The van der Waals surface area contributed by atoms with Gasteiger partial charge < -0.3 is 14.8 Å². The van der Waals surface area contributed by atoms with E-state index in [4.69, 9.17) is 4.98 Å². The summed E-state index contributed by atoms with van der Waals surface area (Å²) in [5, 5.41) is 0. The third-order valence-corrected chi connectivity index (χ3v) is 5.07. The van der Waals surface area contributed by atoms with E-state index in [0.717, 1.165) is 36.5 Å². The van der Waals surface area contributed by atoms with Crippen molar-refractivity contribution in [3.63, 3.8) is 0 Å². The van der Waals surface area contributed by atoms with Gasteiger partial charge in [-0.3, -0.25) is 4.90 Å². The number of aromatic amines is 1. The van der Waals surface area contributed by atoms with Crippen LogP contribution in [0, 0.1) is 0 Å². The molecule has 3 aromatic rings. The molecule has 2 aromatic carbocycles. The Bertz CT molecular complexity index is 887. The SMILES string of the molecule is CN(C)C(=O)N1CCN(Cc2ccccc2)CC1c1nc2ccccc2[nH]1. The molecule has 1 unspecified atom stereocenters. The van der Waals surface area contributed by atoms with Crippen LogP contribution < -0.4 is 0 Å². The quantitative estimate of drug-likeness (QED) is 0.778. The van der Waals surface area contributed by atoms with E-state index in [1.807, 2.05) is 35.2 Å². The Balaban J connectivity index is 1.62. The third kappa shape index (κ3) is 3.66. The molecule has 1 atom stereocenters. The molecular weight excluding hydrogens is 338 g/mol. The fourth-order valence-electron chi connectivity index (χ4n) is 3.67. The van der Waals surface area contributed by atoms with Crippen LogP contribution in [0.25, 0.3) is 11.0 Å². The molecule has 0 saturated carbocycles. The largest absolute Gasteiger partial charge is 0.340 e. The molecule has 1 aliphatic heterocycles. The summed E-state index contributed by atoms with van der Waals surface area (Å²) in [5.41, 5.74) is 3.23. The Kier molecular flexibility index (Phi) is 4.81. The fourth-order valence-corrected chi connectivity index (χ4v) is 3.67. The van der Waals surface area contributed by atoms with E-state index in [1.54, 1.807) is 19.0 Å². The highest BCUT2D eigenvalue weighted by atomic mass is 16.2. The second kappa shape index (κ2) is 7.40. The van der Waals surface area contributed by atoms with Gasteiger partial charge in [0.1, 0.15) is 11.9 Å². The monoisotopic (exact) mass is 363 g/mol. The number of carbonyl (C=O) groups is 1. The minimum absolute atomic E-state index is 0.0276. The van der Waals surface area contributed by atoms with Gasteiger partial charge in [-0.15, -0.1) is 0 Å². The topological polar surface area (TPSA) is 55.5 Å². The molecule has 0 radical (unpaired) electrons. The van der Waals surface area contributed by atoms with Crippen molar-refractivity contribution in [1.82, 2.24) is 24.7 Å². The predicted molar refractivity (Wildman–Crippen MR) is 106 cm³/mol. The first kappa shape index (κ1) is 17.5. The number of hydrogen-bond acceptors (Lipinski definition) is 3. The highest BCUT2D eigenvalue weighted by Crippen LogP contribution is 2.27. The molecule has 6 nitrogen and oxygen atoms in total. The van der Waals surface area contributed by atoms with Crippen LogP contribution in [0.3, 0.4) is 0 Å². The van der Waals surface area contributed by atoms with Crippen LogP contribution in [-0.2, 0) is 6.54 Å². The van der Waals surface area contributed by atoms with Gasteiger partial charge in [0, 0.05) is 40.3 Å². The molecule has 1 saturated heterocycles. The molecule has 0 spiro atoms. The molecule has 4 rings (SSSR count). The number of fused-ring (bicyclic) bond motifs is 1. The van der Waals surface area contributed by atoms with Gasteiger partial charge in [-0.1, -0.05) is 42.5 Å². The van der Waals surface area contributed by atoms with Crippen molar-refractivity contribution in [3.8, 4) is 0 Å². The zero-order valence-corrected chi connectivity index (χ0v) is 15.8. The number of nitrogens with zero attached hydrogens (tertiary/aromatic N) is 4. The Labute approximate surface area is 159 Å². The molecule has 27 heavy (non-hydrogen) atoms. The molecule has 1 aliphatic rings. The number of H-pyrrole nitrogens is 1. The highest BCUT2D eigenvalue weighted by Gasteiger charge is 2.34. The number of benzene rings is 2. The molecule has 1 N–H and O–H groups in total. The Morgan fingerprint density at radius 3 is 2.59 bits per heavy atom. The number of imidazole rings is 1. The predicted octanol–water partition coefficient (Wildman–Crippen LogP) is 3.10. The summed E-state index contributed by atoms with van der Waals surface area (Å²) in [6, 6.07) is 18.4. The lowest BCUT2D eigenvalue weighted by atomic mass is 10.1. The lowest BCUT2D eigenvalue weighted by Gasteiger charge is -2.41. The number of carbonyl (C=O) groups excluding carboxylic acids is 1. The zero-order valence-electron chi connectivity index (χ0n) is 15.8. The number of rotatable bonds is 3. The van der Waals surface area contributed by atoms with Gasteiger partial charge in [-0.2, -0.15) is 0 Å². The smallest absolute Gasteiger partial charge is 0.320 e. The van der Waals surface area contributed by atoms with Crippen molar-refractivity contribution in [1.29, 1.82) is 0 Å². The molecular formula is C21H25N5O. The van der Waals surface area contributed by atoms with Crippen LogP contribution in [0.1, 0.15) is 17.4 Å². The van der Waals surface area contributed by atoms with E-state index in [1.165, 1.54) is 5.56 Å². The average Bonchev–Trinajstić information content (AvgIpc) is 3.12.